The maximum Gasteiger partial charge on any atom is 0.252 e. The zero-order valence-corrected chi connectivity index (χ0v) is 55.1. The molecule has 2 aromatic heterocycles. The molecule has 6 heterocycles. The molecule has 2 saturated carbocycles. The van der Waals surface area contributed by atoms with E-state index < -0.39 is 0 Å². The number of benzene rings is 8. The van der Waals surface area contributed by atoms with Crippen LogP contribution in [0.2, 0.25) is 0 Å². The second-order valence-electron chi connectivity index (χ2n) is 32.4. The van der Waals surface area contributed by atoms with Crippen molar-refractivity contribution >= 4 is 105 Å². The highest BCUT2D eigenvalue weighted by Gasteiger charge is 2.60. The quantitative estimate of drug-likeness (QED) is 0.164. The van der Waals surface area contributed by atoms with Crippen molar-refractivity contribution in [3.05, 3.63) is 185 Å². The van der Waals surface area contributed by atoms with Crippen LogP contribution in [-0.2, 0) is 32.5 Å². The Morgan fingerprint density at radius 1 is 0.437 bits per heavy atom. The van der Waals surface area contributed by atoms with Gasteiger partial charge in [-0.2, -0.15) is 0 Å². The smallest absolute Gasteiger partial charge is 0.252 e. The van der Waals surface area contributed by atoms with Crippen molar-refractivity contribution < 1.29 is 0 Å². The van der Waals surface area contributed by atoms with Crippen LogP contribution in [0.1, 0.15) is 194 Å². The fourth-order valence-corrected chi connectivity index (χ4v) is 20.3. The molecule has 0 spiro atoms. The van der Waals surface area contributed by atoms with E-state index in [0.717, 1.165) is 12.8 Å². The van der Waals surface area contributed by atoms with Crippen molar-refractivity contribution in [1.29, 1.82) is 0 Å². The molecule has 4 atom stereocenters. The van der Waals surface area contributed by atoms with Crippen molar-refractivity contribution in [3.63, 3.8) is 0 Å². The standard InChI is InChI=1S/C81H85BN4S/c1-74(2,3)48-31-35-61-57(42-48)78(12)37-20-22-39-80(78,14)85(61)51-33-34-59-64(45-51)83(63-28-24-30-68-69(63)54-26-17-19-29-67(54)87-68)65-46-52(86-62-36-32-49(75(4,5)6)43-58(62)79(13)38-21-23-40-81(79,86)15)47-66-71(65)82(59)60-44-50(76(7,8)9)41-55-70-73(84(66)72(55)60)53-25-16-18-27-56(53)77(70,10)11/h16-19,24-36,41-47H,20-23,37-40H2,1-15H3. The van der Waals surface area contributed by atoms with Gasteiger partial charge in [-0.05, 0) is 172 Å². The van der Waals surface area contributed by atoms with Gasteiger partial charge in [0.1, 0.15) is 0 Å². The Morgan fingerprint density at radius 3 is 1.67 bits per heavy atom. The van der Waals surface area contributed by atoms with Crippen molar-refractivity contribution in [2.24, 2.45) is 0 Å². The van der Waals surface area contributed by atoms with E-state index >= 15 is 0 Å². The number of fused-ring (bicyclic) bond motifs is 18. The highest BCUT2D eigenvalue weighted by Crippen LogP contribution is 2.65. The minimum atomic E-state index is -0.224. The van der Waals surface area contributed by atoms with Crippen LogP contribution in [0.3, 0.4) is 0 Å². The average molecular weight is 1160 g/mol. The molecule has 8 aromatic carbocycles. The van der Waals surface area contributed by atoms with Crippen molar-refractivity contribution in [2.45, 2.75) is 199 Å². The van der Waals surface area contributed by atoms with E-state index in [1.54, 1.807) is 0 Å². The minimum absolute atomic E-state index is 0.0149. The zero-order valence-electron chi connectivity index (χ0n) is 54.3. The van der Waals surface area contributed by atoms with E-state index in [2.05, 4.69) is 269 Å². The topological polar surface area (TPSA) is 14.7 Å². The number of nitrogens with zero attached hydrogens (tertiary/aromatic N) is 4. The van der Waals surface area contributed by atoms with Gasteiger partial charge in [-0.1, -0.05) is 201 Å². The summed E-state index contributed by atoms with van der Waals surface area (Å²) in [6.07, 6.45) is 9.58. The molecule has 0 bridgehead atoms. The molecule has 0 amide bonds. The number of hydrogen-bond donors (Lipinski definition) is 0. The Labute approximate surface area is 521 Å². The molecule has 4 aliphatic heterocycles. The molecule has 4 unspecified atom stereocenters. The second kappa shape index (κ2) is 17.2. The average Bonchev–Trinajstić information content (AvgIpc) is 1.56. The van der Waals surface area contributed by atoms with Crippen LogP contribution in [0.25, 0.3) is 48.0 Å². The molecular formula is C81H85BN4S. The van der Waals surface area contributed by atoms with Gasteiger partial charge >= 0.3 is 0 Å². The van der Waals surface area contributed by atoms with Gasteiger partial charge in [-0.25, -0.2) is 0 Å². The van der Waals surface area contributed by atoms with Crippen LogP contribution in [-0.4, -0.2) is 22.4 Å². The van der Waals surface area contributed by atoms with Gasteiger partial charge in [0.2, 0.25) is 0 Å². The summed E-state index contributed by atoms with van der Waals surface area (Å²) in [5.41, 5.74) is 28.4. The molecule has 0 N–H and O–H groups in total. The zero-order chi connectivity index (χ0) is 60.2. The molecule has 6 heteroatoms. The van der Waals surface area contributed by atoms with Crippen LogP contribution in [0.4, 0.5) is 39.8 Å². The largest absolute Gasteiger partial charge is 0.334 e. The molecule has 17 rings (SSSR count). The summed E-state index contributed by atoms with van der Waals surface area (Å²) in [5, 5.41) is 4.06. The third kappa shape index (κ3) is 6.82. The summed E-state index contributed by atoms with van der Waals surface area (Å²) < 4.78 is 5.47. The third-order valence-electron chi connectivity index (χ3n) is 24.3. The van der Waals surface area contributed by atoms with Crippen LogP contribution in [0, 0.1) is 0 Å². The SMILES string of the molecule is CC(C)(C)c1ccc2c(c1)C1(C)CCCCC1(C)N2c1ccc2c(c1)N(c1cccc3sc4ccccc4c13)c1cc(N3c4ccc(C(C)(C)C)cc4C4(C)CCCCC34C)cc3c1B2c1cc(C(C)(C)C)cc2c4c(n-3c12)-c1ccccc1C4(C)C. The Kier molecular flexibility index (Phi) is 10.7. The normalized spacial score (nSPS) is 23.9. The van der Waals surface area contributed by atoms with E-state index in [1.807, 2.05) is 11.3 Å². The predicted octanol–water partition coefficient (Wildman–Crippen LogP) is 20.3. The van der Waals surface area contributed by atoms with Crippen molar-refractivity contribution in [2.75, 3.05) is 14.7 Å². The summed E-state index contributed by atoms with van der Waals surface area (Å²) in [5.74, 6) is 0. The number of anilines is 7. The second-order valence-corrected chi connectivity index (χ2v) is 33.4. The number of aromatic nitrogens is 1. The minimum Gasteiger partial charge on any atom is -0.334 e. The first-order valence-corrected chi connectivity index (χ1v) is 33.9. The summed E-state index contributed by atoms with van der Waals surface area (Å²) in [4.78, 5) is 8.54. The van der Waals surface area contributed by atoms with Crippen LogP contribution in [0.5, 0.6) is 0 Å². The van der Waals surface area contributed by atoms with Gasteiger partial charge in [0.05, 0.1) is 22.5 Å². The van der Waals surface area contributed by atoms with Crippen LogP contribution < -0.4 is 31.1 Å². The fourth-order valence-electron chi connectivity index (χ4n) is 19.1. The highest BCUT2D eigenvalue weighted by atomic mass is 32.1. The predicted molar refractivity (Wildman–Crippen MR) is 375 cm³/mol. The molecule has 0 saturated heterocycles. The maximum atomic E-state index is 2.89. The Balaban J connectivity index is 1.03. The Hall–Kier alpha value is -7.02. The lowest BCUT2D eigenvalue weighted by Gasteiger charge is -2.51. The van der Waals surface area contributed by atoms with E-state index in [0.29, 0.717) is 0 Å². The van der Waals surface area contributed by atoms with Crippen molar-refractivity contribution in [1.82, 2.24) is 4.57 Å². The monoisotopic (exact) mass is 1160 g/mol. The lowest BCUT2D eigenvalue weighted by Crippen LogP contribution is -2.61. The Bertz CT molecular complexity index is 4680. The number of thiophene rings is 1. The third-order valence-corrected chi connectivity index (χ3v) is 25.4. The van der Waals surface area contributed by atoms with Gasteiger partial charge in [0.15, 0.2) is 0 Å². The van der Waals surface area contributed by atoms with Gasteiger partial charge in [0.25, 0.3) is 6.71 Å². The summed E-state index contributed by atoms with van der Waals surface area (Å²) in [7, 11) is 0. The highest BCUT2D eigenvalue weighted by molar-refractivity contribution is 7.26. The summed E-state index contributed by atoms with van der Waals surface area (Å²) in [6, 6.07) is 59.5. The van der Waals surface area contributed by atoms with Crippen LogP contribution >= 0.6 is 11.3 Å². The molecule has 87 heavy (non-hydrogen) atoms. The van der Waals surface area contributed by atoms with E-state index in [1.165, 1.54) is 182 Å². The maximum absolute atomic E-state index is 2.89. The first-order chi connectivity index (χ1) is 41.3. The molecule has 3 aliphatic carbocycles. The summed E-state index contributed by atoms with van der Waals surface area (Å²) in [6.45, 7) is 37.1. The molecule has 0 radical (unpaired) electrons. The lowest BCUT2D eigenvalue weighted by molar-refractivity contribution is 0.195. The molecule has 4 nitrogen and oxygen atoms in total. The van der Waals surface area contributed by atoms with E-state index in [4.69, 9.17) is 0 Å². The number of hydrogen-bond acceptors (Lipinski definition) is 4. The number of rotatable bonds is 3. The van der Waals surface area contributed by atoms with Gasteiger partial charge < -0.3 is 19.3 Å². The van der Waals surface area contributed by atoms with Crippen molar-refractivity contribution in [3.8, 4) is 16.9 Å². The molecule has 7 aliphatic rings. The molecule has 10 aromatic rings. The fraction of sp³-hybridized carbons (Fsp3) is 0.383. The van der Waals surface area contributed by atoms with E-state index in [9.17, 15) is 0 Å². The van der Waals surface area contributed by atoms with E-state index in [-0.39, 0.29) is 50.3 Å². The molecule has 438 valence electrons. The molecule has 2 fully saturated rings. The van der Waals surface area contributed by atoms with Gasteiger partial charge in [0, 0.05) is 92.7 Å². The lowest BCUT2D eigenvalue weighted by atomic mass is 9.33. The van der Waals surface area contributed by atoms with Gasteiger partial charge in [-0.3, -0.25) is 0 Å². The first-order valence-electron chi connectivity index (χ1n) is 33.0. The molecular weight excluding hydrogens is 1070 g/mol. The van der Waals surface area contributed by atoms with Crippen LogP contribution in [0.15, 0.2) is 146 Å². The Morgan fingerprint density at radius 2 is 1.01 bits per heavy atom. The first kappa shape index (κ1) is 54.2. The summed E-state index contributed by atoms with van der Waals surface area (Å²) >= 11 is 1.93. The van der Waals surface area contributed by atoms with Gasteiger partial charge in [-0.15, -0.1) is 11.3 Å².